The van der Waals surface area contributed by atoms with Crippen LogP contribution in [-0.4, -0.2) is 37.3 Å². The molecule has 96 valence electrons. The molecule has 2 heterocycles. The van der Waals surface area contributed by atoms with Gasteiger partial charge in [0, 0.05) is 13.1 Å². The fraction of sp³-hybridized carbons (Fsp3) is 0.667. The molecular weight excluding hydrogens is 264 g/mol. The van der Waals surface area contributed by atoms with Crippen LogP contribution in [-0.2, 0) is 17.1 Å². The first-order valence-corrected chi connectivity index (χ1v) is 6.79. The number of aromatic nitrogens is 2. The molecule has 1 aromatic rings. The predicted octanol–water partition coefficient (Wildman–Crippen LogP) is -0.662. The highest BCUT2D eigenvalue weighted by molar-refractivity contribution is 7.89. The summed E-state index contributed by atoms with van der Waals surface area (Å²) in [7, 11) is -1.77. The molecule has 2 unspecified atom stereocenters. The predicted molar refractivity (Wildman–Crippen MR) is 64.4 cm³/mol. The van der Waals surface area contributed by atoms with E-state index in [1.54, 1.807) is 7.05 Å². The molecular formula is C9H15ClN4O2S. The summed E-state index contributed by atoms with van der Waals surface area (Å²) in [6.07, 6.45) is 1.49. The van der Waals surface area contributed by atoms with Crippen molar-refractivity contribution in [3.63, 3.8) is 0 Å². The van der Waals surface area contributed by atoms with Gasteiger partial charge in [0.1, 0.15) is 0 Å². The zero-order valence-corrected chi connectivity index (χ0v) is 11.0. The van der Waals surface area contributed by atoms with Gasteiger partial charge in [0.15, 0.2) is 5.03 Å². The van der Waals surface area contributed by atoms with E-state index < -0.39 is 10.0 Å². The Morgan fingerprint density at radius 2 is 2.12 bits per heavy atom. The van der Waals surface area contributed by atoms with Crippen molar-refractivity contribution in [2.45, 2.75) is 11.1 Å². The largest absolute Gasteiger partial charge is 0.316 e. The molecule has 0 amide bonds. The van der Waals surface area contributed by atoms with Gasteiger partial charge in [-0.15, -0.1) is 12.4 Å². The van der Waals surface area contributed by atoms with Gasteiger partial charge in [-0.1, -0.05) is 0 Å². The summed E-state index contributed by atoms with van der Waals surface area (Å²) in [6, 6.07) is 1.62. The molecule has 8 heteroatoms. The van der Waals surface area contributed by atoms with Crippen LogP contribution in [0.15, 0.2) is 17.3 Å². The average Bonchev–Trinajstić information content (AvgIpc) is 2.68. The summed E-state index contributed by atoms with van der Waals surface area (Å²) < 4.78 is 28.1. The number of nitrogens with zero attached hydrogens (tertiary/aromatic N) is 2. The molecule has 1 saturated heterocycles. The molecule has 2 aliphatic rings. The summed E-state index contributed by atoms with van der Waals surface area (Å²) in [5.74, 6) is 0.950. The molecule has 1 saturated carbocycles. The van der Waals surface area contributed by atoms with Crippen molar-refractivity contribution in [2.24, 2.45) is 18.9 Å². The van der Waals surface area contributed by atoms with E-state index in [9.17, 15) is 8.42 Å². The van der Waals surface area contributed by atoms with Crippen molar-refractivity contribution in [3.05, 3.63) is 12.3 Å². The maximum Gasteiger partial charge on any atom is 0.257 e. The van der Waals surface area contributed by atoms with Crippen LogP contribution in [0.3, 0.4) is 0 Å². The van der Waals surface area contributed by atoms with Crippen LogP contribution in [0.1, 0.15) is 0 Å². The Labute approximate surface area is 106 Å². The minimum Gasteiger partial charge on any atom is -0.316 e. The number of nitrogens with one attached hydrogen (secondary N) is 2. The summed E-state index contributed by atoms with van der Waals surface area (Å²) in [4.78, 5) is 0. The van der Waals surface area contributed by atoms with Crippen molar-refractivity contribution in [1.29, 1.82) is 0 Å². The highest BCUT2D eigenvalue weighted by Crippen LogP contribution is 2.42. The highest BCUT2D eigenvalue weighted by Gasteiger charge is 2.54. The monoisotopic (exact) mass is 278 g/mol. The van der Waals surface area contributed by atoms with Crippen LogP contribution in [0.25, 0.3) is 0 Å². The van der Waals surface area contributed by atoms with Crippen molar-refractivity contribution in [1.82, 2.24) is 19.8 Å². The van der Waals surface area contributed by atoms with Crippen LogP contribution in [0.4, 0.5) is 0 Å². The summed E-state index contributed by atoms with van der Waals surface area (Å²) >= 11 is 0. The lowest BCUT2D eigenvalue weighted by Gasteiger charge is -2.08. The molecule has 0 bridgehead atoms. The molecule has 6 nitrogen and oxygen atoms in total. The summed E-state index contributed by atoms with van der Waals surface area (Å²) in [5, 5.41) is 7.33. The molecule has 0 aromatic carbocycles. The van der Waals surface area contributed by atoms with E-state index in [-0.39, 0.29) is 23.5 Å². The Morgan fingerprint density at radius 3 is 2.65 bits per heavy atom. The van der Waals surface area contributed by atoms with E-state index in [4.69, 9.17) is 0 Å². The number of aryl methyl sites for hydroxylation is 1. The van der Waals surface area contributed by atoms with Crippen LogP contribution in [0.5, 0.6) is 0 Å². The lowest BCUT2D eigenvalue weighted by Crippen LogP contribution is -2.33. The molecule has 2 fully saturated rings. The third-order valence-corrected chi connectivity index (χ3v) is 4.97. The second-order valence-electron chi connectivity index (χ2n) is 4.43. The minimum atomic E-state index is -3.40. The summed E-state index contributed by atoms with van der Waals surface area (Å²) in [6.45, 7) is 1.84. The van der Waals surface area contributed by atoms with E-state index in [0.717, 1.165) is 13.1 Å². The first-order valence-electron chi connectivity index (χ1n) is 5.30. The van der Waals surface area contributed by atoms with E-state index in [2.05, 4.69) is 15.1 Å². The van der Waals surface area contributed by atoms with Crippen LogP contribution < -0.4 is 10.0 Å². The van der Waals surface area contributed by atoms with Gasteiger partial charge in [-0.25, -0.2) is 13.1 Å². The second kappa shape index (κ2) is 4.24. The van der Waals surface area contributed by atoms with Gasteiger partial charge in [0.05, 0.1) is 6.20 Å². The zero-order chi connectivity index (χ0) is 11.3. The summed E-state index contributed by atoms with van der Waals surface area (Å²) in [5.41, 5.74) is 0. The third-order valence-electron chi connectivity index (χ3n) is 3.43. The van der Waals surface area contributed by atoms with Gasteiger partial charge in [-0.3, -0.25) is 4.68 Å². The number of fused-ring (bicyclic) bond motifs is 1. The lowest BCUT2D eigenvalue weighted by molar-refractivity contribution is 0.550. The van der Waals surface area contributed by atoms with Gasteiger partial charge in [0.2, 0.25) is 0 Å². The number of hydrogen-bond acceptors (Lipinski definition) is 4. The van der Waals surface area contributed by atoms with Gasteiger partial charge >= 0.3 is 0 Å². The second-order valence-corrected chi connectivity index (χ2v) is 6.09. The molecule has 2 atom stereocenters. The van der Waals surface area contributed by atoms with E-state index in [1.165, 1.54) is 16.9 Å². The van der Waals surface area contributed by atoms with Crippen LogP contribution in [0.2, 0.25) is 0 Å². The molecule has 1 aliphatic carbocycles. The maximum absolute atomic E-state index is 12.0. The molecule has 3 rings (SSSR count). The lowest BCUT2D eigenvalue weighted by atomic mass is 10.4. The number of hydrogen-bond donors (Lipinski definition) is 2. The van der Waals surface area contributed by atoms with E-state index in [1.807, 2.05) is 0 Å². The normalized spacial score (nSPS) is 30.8. The number of sulfonamides is 1. The van der Waals surface area contributed by atoms with E-state index >= 15 is 0 Å². The topological polar surface area (TPSA) is 76.0 Å². The fourth-order valence-corrected chi connectivity index (χ4v) is 3.92. The Balaban J connectivity index is 0.00000108. The minimum absolute atomic E-state index is 0. The molecule has 0 spiro atoms. The van der Waals surface area contributed by atoms with Crippen LogP contribution >= 0.6 is 12.4 Å². The van der Waals surface area contributed by atoms with E-state index in [0.29, 0.717) is 11.8 Å². The molecule has 0 radical (unpaired) electrons. The fourth-order valence-electron chi connectivity index (χ4n) is 2.46. The first-order chi connectivity index (χ1) is 7.59. The maximum atomic E-state index is 12.0. The Morgan fingerprint density at radius 1 is 1.47 bits per heavy atom. The Bertz CT molecular complexity index is 505. The van der Waals surface area contributed by atoms with Crippen molar-refractivity contribution in [2.75, 3.05) is 13.1 Å². The smallest absolute Gasteiger partial charge is 0.257 e. The molecule has 2 N–H and O–H groups in total. The van der Waals surface area contributed by atoms with Gasteiger partial charge in [-0.05, 0) is 31.0 Å². The standard InChI is InChI=1S/C9H14N4O2S.ClH/c1-13-8(2-3-11-13)16(14,15)12-9-6-4-10-5-7(6)9;/h2-3,6-7,9-10,12H,4-5H2,1H3;1H. The quantitative estimate of drug-likeness (QED) is 0.770. The number of rotatable bonds is 3. The molecule has 1 aliphatic heterocycles. The Kier molecular flexibility index (Phi) is 3.19. The zero-order valence-electron chi connectivity index (χ0n) is 9.33. The van der Waals surface area contributed by atoms with Gasteiger partial charge in [0.25, 0.3) is 10.0 Å². The average molecular weight is 279 g/mol. The van der Waals surface area contributed by atoms with Crippen molar-refractivity contribution in [3.8, 4) is 0 Å². The van der Waals surface area contributed by atoms with Gasteiger partial charge in [-0.2, -0.15) is 5.10 Å². The van der Waals surface area contributed by atoms with Crippen LogP contribution in [0, 0.1) is 11.8 Å². The first kappa shape index (κ1) is 12.8. The molecule has 17 heavy (non-hydrogen) atoms. The highest BCUT2D eigenvalue weighted by atomic mass is 35.5. The third kappa shape index (κ3) is 2.08. The molecule has 1 aromatic heterocycles. The van der Waals surface area contributed by atoms with Crippen molar-refractivity contribution < 1.29 is 8.42 Å². The van der Waals surface area contributed by atoms with Crippen molar-refractivity contribution >= 4 is 22.4 Å². The number of halogens is 1. The number of piperidine rings is 1. The Hall–Kier alpha value is -0.630. The van der Waals surface area contributed by atoms with Gasteiger partial charge < -0.3 is 5.32 Å². The SMILES string of the molecule is Cl.Cn1nccc1S(=O)(=O)NC1C2CNCC21.